The fourth-order valence-corrected chi connectivity index (χ4v) is 0.401. The van der Waals surface area contributed by atoms with Crippen LogP contribution in [0.2, 0.25) is 0 Å². The number of carbonyl (C=O) groups is 1. The van der Waals surface area contributed by atoms with Gasteiger partial charge in [-0.1, -0.05) is 6.92 Å². The Morgan fingerprint density at radius 2 is 2.44 bits per heavy atom. The molecule has 0 radical (unpaired) electrons. The summed E-state index contributed by atoms with van der Waals surface area (Å²) in [7, 11) is 0. The lowest BCUT2D eigenvalue weighted by Crippen LogP contribution is -2.29. The van der Waals surface area contributed by atoms with E-state index in [0.717, 1.165) is 0 Å². The lowest BCUT2D eigenvalue weighted by atomic mass is 10.4. The molecule has 0 aliphatic carbocycles. The van der Waals surface area contributed by atoms with Crippen molar-refractivity contribution < 1.29 is 14.7 Å². The van der Waals surface area contributed by atoms with Crippen LogP contribution >= 0.6 is 0 Å². The predicted octanol–water partition coefficient (Wildman–Crippen LogP) is 0.264. The Balaban J connectivity index is 3.43. The van der Waals surface area contributed by atoms with Crippen molar-refractivity contribution in [3.8, 4) is 0 Å². The van der Waals surface area contributed by atoms with Crippen LogP contribution < -0.4 is 5.48 Å². The van der Waals surface area contributed by atoms with Crippen molar-refractivity contribution in [3.05, 3.63) is 0 Å². The highest BCUT2D eigenvalue weighted by molar-refractivity contribution is 5.66. The van der Waals surface area contributed by atoms with Gasteiger partial charge in [0, 0.05) is 6.92 Å². The summed E-state index contributed by atoms with van der Waals surface area (Å²) in [4.78, 5) is 10.2. The van der Waals surface area contributed by atoms with Crippen LogP contribution in [0.25, 0.3) is 0 Å². The maximum Gasteiger partial charge on any atom is 0.304 e. The van der Waals surface area contributed by atoms with Gasteiger partial charge in [0.25, 0.3) is 0 Å². The number of hydrogen-bond acceptors (Lipinski definition) is 4. The maximum absolute atomic E-state index is 10.2. The molecule has 0 heterocycles. The van der Waals surface area contributed by atoms with Crippen LogP contribution in [-0.2, 0) is 9.53 Å². The third-order valence-electron chi connectivity index (χ3n) is 0.823. The van der Waals surface area contributed by atoms with Crippen LogP contribution in [0.15, 0.2) is 0 Å². The molecule has 1 unspecified atom stereocenters. The second kappa shape index (κ2) is 4.29. The number of ether oxygens (including phenoxy) is 1. The molecule has 0 aromatic rings. The van der Waals surface area contributed by atoms with Crippen LogP contribution in [0.5, 0.6) is 0 Å². The van der Waals surface area contributed by atoms with Crippen molar-refractivity contribution in [2.75, 3.05) is 0 Å². The minimum atomic E-state index is -0.567. The average molecular weight is 133 g/mol. The molecule has 0 aromatic carbocycles. The van der Waals surface area contributed by atoms with Crippen LogP contribution in [0.1, 0.15) is 20.3 Å². The highest BCUT2D eigenvalue weighted by Gasteiger charge is 2.04. The van der Waals surface area contributed by atoms with E-state index in [1.165, 1.54) is 6.92 Å². The number of hydrogen-bond donors (Lipinski definition) is 2. The molecule has 0 saturated carbocycles. The fraction of sp³-hybridized carbons (Fsp3) is 0.800. The second-order valence-corrected chi connectivity index (χ2v) is 1.64. The average Bonchev–Trinajstić information content (AvgIpc) is 1.82. The van der Waals surface area contributed by atoms with Crippen molar-refractivity contribution >= 4 is 5.97 Å². The Morgan fingerprint density at radius 1 is 1.89 bits per heavy atom. The van der Waals surface area contributed by atoms with Crippen molar-refractivity contribution in [1.82, 2.24) is 5.48 Å². The molecule has 2 N–H and O–H groups in total. The summed E-state index contributed by atoms with van der Waals surface area (Å²) in [5.74, 6) is -0.400. The largest absolute Gasteiger partial charge is 0.445 e. The highest BCUT2D eigenvalue weighted by Crippen LogP contribution is 1.91. The number of rotatable bonds is 3. The van der Waals surface area contributed by atoms with Gasteiger partial charge in [-0.15, -0.1) is 0 Å². The first-order chi connectivity index (χ1) is 4.20. The molecule has 0 fully saturated rings. The van der Waals surface area contributed by atoms with Gasteiger partial charge in [0.2, 0.25) is 0 Å². The van der Waals surface area contributed by atoms with Crippen molar-refractivity contribution in [2.24, 2.45) is 0 Å². The summed E-state index contributed by atoms with van der Waals surface area (Å²) in [5, 5.41) is 8.25. The van der Waals surface area contributed by atoms with E-state index >= 15 is 0 Å². The molecule has 0 saturated heterocycles. The minimum absolute atomic E-state index is 0.400. The quantitative estimate of drug-likeness (QED) is 0.329. The SMILES string of the molecule is CCC(NO)OC(C)=O. The van der Waals surface area contributed by atoms with Crippen molar-refractivity contribution in [2.45, 2.75) is 26.5 Å². The van der Waals surface area contributed by atoms with Gasteiger partial charge in [0.15, 0.2) is 6.23 Å². The molecule has 0 amide bonds. The lowest BCUT2D eigenvalue weighted by Gasteiger charge is -2.11. The summed E-state index contributed by atoms with van der Waals surface area (Å²) in [5.41, 5.74) is 1.84. The second-order valence-electron chi connectivity index (χ2n) is 1.64. The summed E-state index contributed by atoms with van der Waals surface area (Å²) >= 11 is 0. The van der Waals surface area contributed by atoms with E-state index in [4.69, 9.17) is 5.21 Å². The van der Waals surface area contributed by atoms with Gasteiger partial charge in [0.1, 0.15) is 0 Å². The molecule has 0 aliphatic heterocycles. The summed E-state index contributed by atoms with van der Waals surface area (Å²) in [6.07, 6.45) is -0.0155. The Labute approximate surface area is 53.8 Å². The number of hydroxylamine groups is 1. The molecular formula is C5H11NO3. The Hall–Kier alpha value is -0.610. The van der Waals surface area contributed by atoms with Gasteiger partial charge in [-0.2, -0.15) is 5.48 Å². The monoisotopic (exact) mass is 133 g/mol. The Morgan fingerprint density at radius 3 is 2.56 bits per heavy atom. The minimum Gasteiger partial charge on any atom is -0.445 e. The van der Waals surface area contributed by atoms with Gasteiger partial charge in [-0.25, -0.2) is 0 Å². The van der Waals surface area contributed by atoms with E-state index in [9.17, 15) is 4.79 Å². The molecule has 0 spiro atoms. The van der Waals surface area contributed by atoms with Crippen LogP contribution in [0.4, 0.5) is 0 Å². The molecule has 0 rings (SSSR count). The standard InChI is InChI=1S/C5H11NO3/c1-3-5(6-8)9-4(2)7/h5-6,8H,3H2,1-2H3. The van der Waals surface area contributed by atoms with Gasteiger partial charge in [0.05, 0.1) is 0 Å². The topological polar surface area (TPSA) is 58.6 Å². The number of nitrogens with one attached hydrogen (secondary N) is 1. The Kier molecular flexibility index (Phi) is 4.00. The first kappa shape index (κ1) is 8.39. The molecule has 9 heavy (non-hydrogen) atoms. The van der Waals surface area contributed by atoms with Gasteiger partial charge >= 0.3 is 5.97 Å². The third-order valence-corrected chi connectivity index (χ3v) is 0.823. The first-order valence-corrected chi connectivity index (χ1v) is 2.77. The molecule has 4 heteroatoms. The van der Waals surface area contributed by atoms with E-state index < -0.39 is 12.2 Å². The van der Waals surface area contributed by atoms with E-state index in [1.807, 2.05) is 5.48 Å². The maximum atomic E-state index is 10.2. The van der Waals surface area contributed by atoms with Crippen molar-refractivity contribution in [3.63, 3.8) is 0 Å². The zero-order chi connectivity index (χ0) is 7.28. The normalized spacial score (nSPS) is 12.8. The van der Waals surface area contributed by atoms with E-state index in [0.29, 0.717) is 6.42 Å². The summed E-state index contributed by atoms with van der Waals surface area (Å²) < 4.78 is 4.55. The molecule has 0 aliphatic rings. The first-order valence-electron chi connectivity index (χ1n) is 2.77. The van der Waals surface area contributed by atoms with Crippen LogP contribution in [0, 0.1) is 0 Å². The number of esters is 1. The summed E-state index contributed by atoms with van der Waals surface area (Å²) in [6, 6.07) is 0. The zero-order valence-corrected chi connectivity index (χ0v) is 5.55. The van der Waals surface area contributed by atoms with Crippen molar-refractivity contribution in [1.29, 1.82) is 0 Å². The Bertz CT molecular complexity index is 90.2. The predicted molar refractivity (Wildman–Crippen MR) is 30.8 cm³/mol. The molecule has 4 nitrogen and oxygen atoms in total. The molecule has 1 atom stereocenters. The zero-order valence-electron chi connectivity index (χ0n) is 5.55. The van der Waals surface area contributed by atoms with E-state index in [2.05, 4.69) is 4.74 Å². The van der Waals surface area contributed by atoms with Gasteiger partial charge in [-0.05, 0) is 6.42 Å². The summed E-state index contributed by atoms with van der Waals surface area (Å²) in [6.45, 7) is 3.08. The molecule has 0 bridgehead atoms. The smallest absolute Gasteiger partial charge is 0.304 e. The number of carbonyl (C=O) groups excluding carboxylic acids is 1. The van der Waals surface area contributed by atoms with Crippen LogP contribution in [-0.4, -0.2) is 17.4 Å². The highest BCUT2D eigenvalue weighted by atomic mass is 16.6. The van der Waals surface area contributed by atoms with Gasteiger partial charge in [-0.3, -0.25) is 4.79 Å². The van der Waals surface area contributed by atoms with Gasteiger partial charge < -0.3 is 9.94 Å². The fourth-order valence-electron chi connectivity index (χ4n) is 0.401. The molecular weight excluding hydrogens is 122 g/mol. The van der Waals surface area contributed by atoms with E-state index in [-0.39, 0.29) is 0 Å². The molecule has 0 aromatic heterocycles. The van der Waals surface area contributed by atoms with Crippen LogP contribution in [0.3, 0.4) is 0 Å². The van der Waals surface area contributed by atoms with E-state index in [1.54, 1.807) is 6.92 Å². The third kappa shape index (κ3) is 3.93. The lowest BCUT2D eigenvalue weighted by molar-refractivity contribution is -0.154. The molecule has 54 valence electrons.